The molecule has 0 bridgehead atoms. The van der Waals surface area contributed by atoms with E-state index < -0.39 is 0 Å². The largest absolute Gasteiger partial charge is 0.302 e. The van der Waals surface area contributed by atoms with E-state index in [0.29, 0.717) is 16.0 Å². The van der Waals surface area contributed by atoms with Crippen molar-refractivity contribution >= 4 is 33.3 Å². The predicted octanol–water partition coefficient (Wildman–Crippen LogP) is 3.18. The molecule has 1 aliphatic heterocycles. The monoisotopic (exact) mass is 411 g/mol. The number of fused-ring (bicyclic) bond motifs is 1. The number of aryl methyl sites for hydroxylation is 2. The molecule has 1 fully saturated rings. The Kier molecular flexibility index (Phi) is 6.01. The molecule has 0 spiro atoms. The number of nitrogens with one attached hydrogen (secondary N) is 1. The van der Waals surface area contributed by atoms with Gasteiger partial charge in [0.15, 0.2) is 5.13 Å². The Morgan fingerprint density at radius 1 is 1.24 bits per heavy atom. The van der Waals surface area contributed by atoms with Crippen LogP contribution in [0.4, 0.5) is 5.13 Å². The van der Waals surface area contributed by atoms with Crippen LogP contribution in [0.25, 0.3) is 10.9 Å². The van der Waals surface area contributed by atoms with E-state index in [2.05, 4.69) is 20.2 Å². The summed E-state index contributed by atoms with van der Waals surface area (Å²) in [7, 11) is 0. The van der Waals surface area contributed by atoms with Crippen LogP contribution >= 0.6 is 11.3 Å². The second kappa shape index (κ2) is 8.84. The van der Waals surface area contributed by atoms with Gasteiger partial charge in [-0.2, -0.15) is 0 Å². The number of likely N-dealkylation sites (tertiary alicyclic amines) is 1. The van der Waals surface area contributed by atoms with Crippen LogP contribution in [0.5, 0.6) is 0 Å². The van der Waals surface area contributed by atoms with E-state index in [-0.39, 0.29) is 24.4 Å². The van der Waals surface area contributed by atoms with Gasteiger partial charge in [-0.1, -0.05) is 18.6 Å². The molecule has 1 aliphatic rings. The minimum atomic E-state index is -0.153. The van der Waals surface area contributed by atoms with Crippen molar-refractivity contribution in [3.8, 4) is 0 Å². The number of carbonyl (C=O) groups is 1. The summed E-state index contributed by atoms with van der Waals surface area (Å²) in [4.78, 5) is 36.3. The Morgan fingerprint density at radius 2 is 2.07 bits per heavy atom. The van der Waals surface area contributed by atoms with Gasteiger partial charge in [0.2, 0.25) is 5.91 Å². The van der Waals surface area contributed by atoms with Gasteiger partial charge >= 0.3 is 0 Å². The van der Waals surface area contributed by atoms with Crippen molar-refractivity contribution in [3.05, 3.63) is 51.5 Å². The highest BCUT2D eigenvalue weighted by atomic mass is 32.1. The van der Waals surface area contributed by atoms with Gasteiger partial charge < -0.3 is 5.32 Å². The molecule has 8 heteroatoms. The lowest BCUT2D eigenvalue weighted by Crippen LogP contribution is -2.29. The average Bonchev–Trinajstić information content (AvgIpc) is 3.15. The Labute approximate surface area is 173 Å². The van der Waals surface area contributed by atoms with E-state index in [0.717, 1.165) is 30.9 Å². The molecule has 0 unspecified atom stereocenters. The second-order valence-corrected chi connectivity index (χ2v) is 8.35. The summed E-state index contributed by atoms with van der Waals surface area (Å²) < 4.78 is 1.49. The number of amides is 1. The van der Waals surface area contributed by atoms with Crippen molar-refractivity contribution in [2.24, 2.45) is 0 Å². The van der Waals surface area contributed by atoms with Crippen molar-refractivity contribution < 1.29 is 4.79 Å². The number of rotatable bonds is 6. The lowest BCUT2D eigenvalue weighted by molar-refractivity contribution is -0.116. The molecule has 7 nitrogen and oxygen atoms in total. The van der Waals surface area contributed by atoms with Crippen molar-refractivity contribution in [2.45, 2.75) is 45.7 Å². The zero-order valence-corrected chi connectivity index (χ0v) is 17.4. The van der Waals surface area contributed by atoms with Crippen molar-refractivity contribution in [1.82, 2.24) is 19.4 Å². The first kappa shape index (κ1) is 19.7. The summed E-state index contributed by atoms with van der Waals surface area (Å²) in [6, 6.07) is 5.55. The molecule has 0 atom stereocenters. The molecular formula is C21H25N5O2S. The van der Waals surface area contributed by atoms with Crippen molar-refractivity contribution in [1.29, 1.82) is 0 Å². The Morgan fingerprint density at radius 3 is 2.90 bits per heavy atom. The molecular weight excluding hydrogens is 386 g/mol. The maximum Gasteiger partial charge on any atom is 0.261 e. The van der Waals surface area contributed by atoms with E-state index in [1.807, 2.05) is 24.4 Å². The van der Waals surface area contributed by atoms with Crippen LogP contribution < -0.4 is 10.9 Å². The van der Waals surface area contributed by atoms with Crippen LogP contribution in [-0.4, -0.2) is 38.4 Å². The first-order chi connectivity index (χ1) is 14.1. The van der Waals surface area contributed by atoms with Gasteiger partial charge in [0.25, 0.3) is 5.56 Å². The summed E-state index contributed by atoms with van der Waals surface area (Å²) >= 11 is 1.44. The van der Waals surface area contributed by atoms with E-state index >= 15 is 0 Å². The van der Waals surface area contributed by atoms with Gasteiger partial charge in [-0.3, -0.25) is 19.1 Å². The number of thiazole rings is 1. The third-order valence-electron chi connectivity index (χ3n) is 5.27. The molecule has 1 N–H and O–H groups in total. The minimum Gasteiger partial charge on any atom is -0.302 e. The maximum atomic E-state index is 12.6. The van der Waals surface area contributed by atoms with Crippen molar-refractivity contribution in [2.75, 3.05) is 18.4 Å². The lowest BCUT2D eigenvalue weighted by atomic mass is 10.1. The fraction of sp³-hybridized carbons (Fsp3) is 0.429. The zero-order chi connectivity index (χ0) is 20.2. The molecule has 0 radical (unpaired) electrons. The van der Waals surface area contributed by atoms with Gasteiger partial charge in [0, 0.05) is 24.9 Å². The number of benzene rings is 1. The quantitative estimate of drug-likeness (QED) is 0.674. The summed E-state index contributed by atoms with van der Waals surface area (Å²) in [5.74, 6) is -0.153. The first-order valence-electron chi connectivity index (χ1n) is 10.0. The van der Waals surface area contributed by atoms with Crippen LogP contribution in [-0.2, 0) is 17.9 Å². The molecule has 152 valence electrons. The molecule has 0 aliphatic carbocycles. The third-order valence-corrected chi connectivity index (χ3v) is 6.07. The Bertz CT molecular complexity index is 1070. The molecule has 0 saturated carbocycles. The van der Waals surface area contributed by atoms with E-state index in [1.54, 1.807) is 6.07 Å². The van der Waals surface area contributed by atoms with E-state index in [4.69, 9.17) is 0 Å². The normalized spacial score (nSPS) is 14.9. The second-order valence-electron chi connectivity index (χ2n) is 7.49. The number of carbonyl (C=O) groups excluding carboxylic acids is 1. The minimum absolute atomic E-state index is 0.121. The number of para-hydroxylation sites is 1. The first-order valence-corrected chi connectivity index (χ1v) is 10.9. The zero-order valence-electron chi connectivity index (χ0n) is 16.6. The van der Waals surface area contributed by atoms with E-state index in [9.17, 15) is 9.59 Å². The highest BCUT2D eigenvalue weighted by Crippen LogP contribution is 2.19. The fourth-order valence-corrected chi connectivity index (χ4v) is 4.40. The average molecular weight is 412 g/mol. The number of hydrogen-bond acceptors (Lipinski definition) is 6. The standard InChI is InChI=1S/C21H25N5O2S/c1-15-6-5-7-17-19(15)22-14-26(20(17)28)11-8-18(27)24-21-23-16(13-29-21)12-25-9-3-2-4-10-25/h5-7,13-14H,2-4,8-12H2,1H3,(H,23,24,27). The number of piperidine rings is 1. The maximum absolute atomic E-state index is 12.6. The SMILES string of the molecule is Cc1cccc2c(=O)n(CCC(=O)Nc3nc(CN4CCCCC4)cs3)cnc12. The molecule has 3 heterocycles. The summed E-state index contributed by atoms with van der Waals surface area (Å²) in [5, 5.41) is 6.05. The fourth-order valence-electron chi connectivity index (χ4n) is 3.68. The predicted molar refractivity (Wildman–Crippen MR) is 115 cm³/mol. The number of nitrogens with zero attached hydrogens (tertiary/aromatic N) is 4. The molecule has 1 amide bonds. The molecule has 4 rings (SSSR count). The smallest absolute Gasteiger partial charge is 0.261 e. The van der Waals surface area contributed by atoms with Crippen LogP contribution in [0.15, 0.2) is 34.7 Å². The highest BCUT2D eigenvalue weighted by molar-refractivity contribution is 7.13. The highest BCUT2D eigenvalue weighted by Gasteiger charge is 2.13. The molecule has 3 aromatic rings. The van der Waals surface area contributed by atoms with Gasteiger partial charge in [-0.25, -0.2) is 9.97 Å². The van der Waals surface area contributed by atoms with Crippen LogP contribution in [0.3, 0.4) is 0 Å². The number of aromatic nitrogens is 3. The van der Waals surface area contributed by atoms with Crippen molar-refractivity contribution in [3.63, 3.8) is 0 Å². The van der Waals surface area contributed by atoms with E-state index in [1.165, 1.54) is 41.5 Å². The lowest BCUT2D eigenvalue weighted by Gasteiger charge is -2.25. The molecule has 2 aromatic heterocycles. The number of hydrogen-bond donors (Lipinski definition) is 1. The third kappa shape index (κ3) is 4.71. The Hall–Kier alpha value is -2.58. The Balaban J connectivity index is 1.34. The summed E-state index contributed by atoms with van der Waals surface area (Å²) in [5.41, 5.74) is 2.55. The van der Waals surface area contributed by atoms with Gasteiger partial charge in [-0.05, 0) is 44.5 Å². The topological polar surface area (TPSA) is 80.1 Å². The summed E-state index contributed by atoms with van der Waals surface area (Å²) in [6.45, 7) is 5.29. The van der Waals surface area contributed by atoms with Gasteiger partial charge in [0.05, 0.1) is 22.9 Å². The van der Waals surface area contributed by atoms with Crippen LogP contribution in [0.1, 0.15) is 36.9 Å². The van der Waals surface area contributed by atoms with Gasteiger partial charge in [-0.15, -0.1) is 11.3 Å². The van der Waals surface area contributed by atoms with Crippen LogP contribution in [0.2, 0.25) is 0 Å². The van der Waals surface area contributed by atoms with Gasteiger partial charge in [0.1, 0.15) is 0 Å². The molecule has 1 saturated heterocycles. The molecule has 29 heavy (non-hydrogen) atoms. The number of anilines is 1. The van der Waals surface area contributed by atoms with Crippen LogP contribution in [0, 0.1) is 6.92 Å². The summed E-state index contributed by atoms with van der Waals surface area (Å²) in [6.07, 6.45) is 5.52. The molecule has 1 aromatic carbocycles.